The molecule has 168 valence electrons. The molecule has 6 heteroatoms. The minimum atomic E-state index is -0.0722. The van der Waals surface area contributed by atoms with Gasteiger partial charge in [0, 0.05) is 43.5 Å². The van der Waals surface area contributed by atoms with Crippen LogP contribution in [0, 0.1) is 19.8 Å². The predicted molar refractivity (Wildman–Crippen MR) is 124 cm³/mol. The summed E-state index contributed by atoms with van der Waals surface area (Å²) in [6, 6.07) is 10.3. The summed E-state index contributed by atoms with van der Waals surface area (Å²) < 4.78 is 1.95. The number of nitrogens with zero attached hydrogens (tertiary/aromatic N) is 3. The van der Waals surface area contributed by atoms with Gasteiger partial charge in [-0.1, -0.05) is 37.5 Å². The summed E-state index contributed by atoms with van der Waals surface area (Å²) in [7, 11) is 0. The average Bonchev–Trinajstić information content (AvgIpc) is 3.08. The highest BCUT2D eigenvalue weighted by molar-refractivity contribution is 5.74. The summed E-state index contributed by atoms with van der Waals surface area (Å²) in [5.41, 5.74) is 4.15. The van der Waals surface area contributed by atoms with Crippen LogP contribution in [0.15, 0.2) is 30.3 Å². The lowest BCUT2D eigenvalue weighted by molar-refractivity contribution is 0.155. The monoisotopic (exact) mass is 423 g/mol. The lowest BCUT2D eigenvalue weighted by Crippen LogP contribution is -2.48. The van der Waals surface area contributed by atoms with E-state index in [0.717, 1.165) is 54.5 Å². The van der Waals surface area contributed by atoms with E-state index >= 15 is 0 Å². The van der Waals surface area contributed by atoms with Crippen LogP contribution in [-0.4, -0.2) is 46.4 Å². The lowest BCUT2D eigenvalue weighted by atomic mass is 9.88. The second kappa shape index (κ2) is 10.3. The number of amides is 2. The lowest BCUT2D eigenvalue weighted by Gasteiger charge is -2.35. The highest BCUT2D eigenvalue weighted by atomic mass is 16.2. The standard InChI is InChI=1S/C25H37N5O/c1-19-24(20(2)30(28-19)23-11-7-4-8-12-23)17-26-25(31)27-22-13-15-29(16-14-22)18-21-9-5-3-6-10-21/h4,7-8,11-12,21-22H,3,5-6,9-10,13-18H2,1-2H3,(H2,26,27,31). The molecule has 2 amide bonds. The molecule has 1 saturated heterocycles. The van der Waals surface area contributed by atoms with Gasteiger partial charge in [-0.15, -0.1) is 0 Å². The second-order valence-corrected chi connectivity index (χ2v) is 9.30. The van der Waals surface area contributed by atoms with Crippen LogP contribution in [0.2, 0.25) is 0 Å². The van der Waals surface area contributed by atoms with E-state index in [0.29, 0.717) is 6.54 Å². The third-order valence-electron chi connectivity index (χ3n) is 7.03. The van der Waals surface area contributed by atoms with Gasteiger partial charge < -0.3 is 15.5 Å². The molecule has 4 rings (SSSR count). The number of aryl methyl sites for hydroxylation is 1. The van der Waals surface area contributed by atoms with Gasteiger partial charge >= 0.3 is 6.03 Å². The van der Waals surface area contributed by atoms with Gasteiger partial charge in [0.25, 0.3) is 0 Å². The van der Waals surface area contributed by atoms with Crippen LogP contribution >= 0.6 is 0 Å². The van der Waals surface area contributed by atoms with Crippen LogP contribution in [-0.2, 0) is 6.54 Å². The molecule has 0 spiro atoms. The molecule has 2 aliphatic rings. The van der Waals surface area contributed by atoms with E-state index in [1.807, 2.05) is 41.9 Å². The van der Waals surface area contributed by atoms with Crippen molar-refractivity contribution in [3.05, 3.63) is 47.3 Å². The van der Waals surface area contributed by atoms with Crippen molar-refractivity contribution >= 4 is 6.03 Å². The smallest absolute Gasteiger partial charge is 0.315 e. The SMILES string of the molecule is Cc1nn(-c2ccccc2)c(C)c1CNC(=O)NC1CCN(CC2CCCCC2)CC1. The van der Waals surface area contributed by atoms with Crippen molar-refractivity contribution in [2.75, 3.05) is 19.6 Å². The van der Waals surface area contributed by atoms with E-state index in [1.165, 1.54) is 38.6 Å². The van der Waals surface area contributed by atoms with Gasteiger partial charge in [-0.2, -0.15) is 5.10 Å². The van der Waals surface area contributed by atoms with Crippen molar-refractivity contribution in [3.63, 3.8) is 0 Å². The highest BCUT2D eigenvalue weighted by Crippen LogP contribution is 2.25. The first kappa shape index (κ1) is 21.9. The van der Waals surface area contributed by atoms with E-state index in [2.05, 4.69) is 27.6 Å². The number of piperidine rings is 1. The van der Waals surface area contributed by atoms with E-state index < -0.39 is 0 Å². The highest BCUT2D eigenvalue weighted by Gasteiger charge is 2.24. The van der Waals surface area contributed by atoms with Crippen molar-refractivity contribution in [1.29, 1.82) is 0 Å². The Morgan fingerprint density at radius 2 is 1.74 bits per heavy atom. The quantitative estimate of drug-likeness (QED) is 0.727. The zero-order valence-electron chi connectivity index (χ0n) is 19.1. The number of likely N-dealkylation sites (tertiary alicyclic amines) is 1. The van der Waals surface area contributed by atoms with Crippen LogP contribution in [0.4, 0.5) is 4.79 Å². The minimum Gasteiger partial charge on any atom is -0.335 e. The van der Waals surface area contributed by atoms with Crippen LogP contribution in [0.25, 0.3) is 5.69 Å². The first-order valence-electron chi connectivity index (χ1n) is 12.0. The second-order valence-electron chi connectivity index (χ2n) is 9.30. The van der Waals surface area contributed by atoms with Gasteiger partial charge in [0.15, 0.2) is 0 Å². The fourth-order valence-corrected chi connectivity index (χ4v) is 5.15. The van der Waals surface area contributed by atoms with Gasteiger partial charge in [0.2, 0.25) is 0 Å². The van der Waals surface area contributed by atoms with Gasteiger partial charge in [0.05, 0.1) is 11.4 Å². The third kappa shape index (κ3) is 5.67. The molecule has 1 aliphatic carbocycles. The topological polar surface area (TPSA) is 62.2 Å². The molecule has 0 unspecified atom stereocenters. The molecule has 2 N–H and O–H groups in total. The Morgan fingerprint density at radius 1 is 1.03 bits per heavy atom. The van der Waals surface area contributed by atoms with Crippen LogP contribution < -0.4 is 10.6 Å². The Hall–Kier alpha value is -2.34. The Morgan fingerprint density at radius 3 is 2.45 bits per heavy atom. The Labute approximate surface area is 186 Å². The van der Waals surface area contributed by atoms with E-state index in [4.69, 9.17) is 0 Å². The summed E-state index contributed by atoms with van der Waals surface area (Å²) in [5, 5.41) is 10.9. The molecule has 1 aromatic heterocycles. The van der Waals surface area contributed by atoms with Crippen LogP contribution in [0.5, 0.6) is 0 Å². The number of nitrogens with one attached hydrogen (secondary N) is 2. The molecular weight excluding hydrogens is 386 g/mol. The minimum absolute atomic E-state index is 0.0722. The maximum absolute atomic E-state index is 12.5. The summed E-state index contributed by atoms with van der Waals surface area (Å²) >= 11 is 0. The molecule has 2 heterocycles. The van der Waals surface area contributed by atoms with Crippen LogP contribution in [0.1, 0.15) is 61.9 Å². The van der Waals surface area contributed by atoms with Gasteiger partial charge in [0.1, 0.15) is 0 Å². The number of hydrogen-bond acceptors (Lipinski definition) is 3. The maximum Gasteiger partial charge on any atom is 0.315 e. The number of para-hydroxylation sites is 1. The number of rotatable bonds is 6. The number of aromatic nitrogens is 2. The Balaban J connectivity index is 1.23. The van der Waals surface area contributed by atoms with Gasteiger partial charge in [-0.25, -0.2) is 9.48 Å². The van der Waals surface area contributed by atoms with Crippen molar-refractivity contribution < 1.29 is 4.79 Å². The molecule has 2 fully saturated rings. The maximum atomic E-state index is 12.5. The van der Waals surface area contributed by atoms with Crippen LogP contribution in [0.3, 0.4) is 0 Å². The van der Waals surface area contributed by atoms with Crippen molar-refractivity contribution in [3.8, 4) is 5.69 Å². The molecule has 6 nitrogen and oxygen atoms in total. The van der Waals surface area contributed by atoms with Crippen molar-refractivity contribution in [2.45, 2.75) is 71.4 Å². The summed E-state index contributed by atoms with van der Waals surface area (Å²) in [5.74, 6) is 0.893. The largest absolute Gasteiger partial charge is 0.335 e. The summed E-state index contributed by atoms with van der Waals surface area (Å²) in [4.78, 5) is 15.1. The first-order chi connectivity index (χ1) is 15.1. The molecule has 0 radical (unpaired) electrons. The molecule has 1 saturated carbocycles. The van der Waals surface area contributed by atoms with Gasteiger partial charge in [-0.05, 0) is 57.6 Å². The summed E-state index contributed by atoms with van der Waals surface area (Å²) in [6.45, 7) is 8.01. The number of carbonyl (C=O) groups is 1. The number of benzene rings is 1. The molecule has 31 heavy (non-hydrogen) atoms. The fraction of sp³-hybridized carbons (Fsp3) is 0.600. The molecule has 0 atom stereocenters. The average molecular weight is 424 g/mol. The first-order valence-corrected chi connectivity index (χ1v) is 12.0. The van der Waals surface area contributed by atoms with E-state index in [9.17, 15) is 4.79 Å². The van der Waals surface area contributed by atoms with E-state index in [1.54, 1.807) is 0 Å². The fourth-order valence-electron chi connectivity index (χ4n) is 5.15. The number of carbonyl (C=O) groups excluding carboxylic acids is 1. The molecule has 1 aromatic carbocycles. The molecule has 0 bridgehead atoms. The predicted octanol–water partition coefficient (Wildman–Crippen LogP) is 4.33. The number of hydrogen-bond donors (Lipinski definition) is 2. The van der Waals surface area contributed by atoms with E-state index in [-0.39, 0.29) is 12.1 Å². The Kier molecular flexibility index (Phi) is 7.28. The third-order valence-corrected chi connectivity index (χ3v) is 7.03. The zero-order chi connectivity index (χ0) is 21.6. The van der Waals surface area contributed by atoms with Crippen molar-refractivity contribution in [1.82, 2.24) is 25.3 Å². The normalized spacial score (nSPS) is 18.8. The van der Waals surface area contributed by atoms with Gasteiger partial charge in [-0.3, -0.25) is 0 Å². The summed E-state index contributed by atoms with van der Waals surface area (Å²) in [6.07, 6.45) is 9.14. The molecule has 2 aromatic rings. The van der Waals surface area contributed by atoms with Crippen molar-refractivity contribution in [2.24, 2.45) is 5.92 Å². The number of urea groups is 1. The molecular formula is C25H37N5O. The zero-order valence-corrected chi connectivity index (χ0v) is 19.1. The Bertz CT molecular complexity index is 848. The molecule has 1 aliphatic heterocycles.